The van der Waals surface area contributed by atoms with E-state index in [-0.39, 0.29) is 35.3 Å². The summed E-state index contributed by atoms with van der Waals surface area (Å²) in [6.07, 6.45) is 6.50. The van der Waals surface area contributed by atoms with Gasteiger partial charge in [0.2, 0.25) is 0 Å². The van der Waals surface area contributed by atoms with Crippen LogP contribution in [0.5, 0.6) is 0 Å². The van der Waals surface area contributed by atoms with E-state index in [1.165, 1.54) is 0 Å². The van der Waals surface area contributed by atoms with Gasteiger partial charge in [-0.1, -0.05) is 6.92 Å². The number of carboxylic acid groups (broad SMARTS) is 1. The fourth-order valence-corrected chi connectivity index (χ4v) is 7.81. The van der Waals surface area contributed by atoms with Gasteiger partial charge >= 0.3 is 12.1 Å². The SMILES string of the molecule is C[C@@H]1OCC2(CCN(c3cnc4c(N5CC[C@H](C)c6cc(C(=O)O)ccc65)nn(C5CCCCO5)c4n3)CC2)[C@@H]1NC(=O)OC(C)(C)C. The van der Waals surface area contributed by atoms with Crippen LogP contribution >= 0.6 is 0 Å². The second-order valence-electron chi connectivity index (χ2n) is 14.9. The quantitative estimate of drug-likeness (QED) is 0.344. The van der Waals surface area contributed by atoms with Crippen LogP contribution in [-0.4, -0.2) is 87.5 Å². The number of fused-ring (bicyclic) bond motifs is 2. The van der Waals surface area contributed by atoms with Gasteiger partial charge in [0.15, 0.2) is 23.2 Å². The van der Waals surface area contributed by atoms with Crippen molar-refractivity contribution in [1.82, 2.24) is 25.1 Å². The molecule has 0 radical (unpaired) electrons. The van der Waals surface area contributed by atoms with Crippen molar-refractivity contribution in [1.29, 1.82) is 0 Å². The highest BCUT2D eigenvalue weighted by Gasteiger charge is 2.50. The predicted octanol–water partition coefficient (Wildman–Crippen LogP) is 5.77. The number of carbonyl (C=O) groups is 2. The minimum atomic E-state index is -0.932. The summed E-state index contributed by atoms with van der Waals surface area (Å²) in [5, 5.41) is 17.9. The Balaban J connectivity index is 1.18. The zero-order valence-corrected chi connectivity index (χ0v) is 28.6. The Bertz CT molecular complexity index is 1690. The number of hydrogen-bond donors (Lipinski definition) is 2. The van der Waals surface area contributed by atoms with Crippen molar-refractivity contribution in [3.63, 3.8) is 0 Å². The molecule has 1 spiro atoms. The monoisotopic (exact) mass is 661 g/mol. The smallest absolute Gasteiger partial charge is 0.407 e. The van der Waals surface area contributed by atoms with Gasteiger partial charge in [-0.3, -0.25) is 0 Å². The van der Waals surface area contributed by atoms with Crippen LogP contribution < -0.4 is 15.1 Å². The highest BCUT2D eigenvalue weighted by molar-refractivity contribution is 5.91. The van der Waals surface area contributed by atoms with Crippen molar-refractivity contribution in [3.05, 3.63) is 35.5 Å². The molecule has 258 valence electrons. The average molecular weight is 662 g/mol. The highest BCUT2D eigenvalue weighted by Crippen LogP contribution is 2.44. The van der Waals surface area contributed by atoms with Gasteiger partial charge in [-0.2, -0.15) is 0 Å². The first-order chi connectivity index (χ1) is 22.9. The van der Waals surface area contributed by atoms with E-state index < -0.39 is 17.7 Å². The normalized spacial score (nSPS) is 25.7. The van der Waals surface area contributed by atoms with Gasteiger partial charge in [0, 0.05) is 37.3 Å². The maximum Gasteiger partial charge on any atom is 0.407 e. The number of amides is 1. The number of nitrogens with zero attached hydrogens (tertiary/aromatic N) is 6. The summed E-state index contributed by atoms with van der Waals surface area (Å²) in [5.74, 6) is 0.777. The van der Waals surface area contributed by atoms with Crippen LogP contribution in [0.1, 0.15) is 101 Å². The minimum Gasteiger partial charge on any atom is -0.478 e. The molecule has 3 saturated heterocycles. The fourth-order valence-electron chi connectivity index (χ4n) is 7.81. The lowest BCUT2D eigenvalue weighted by Gasteiger charge is -2.42. The van der Waals surface area contributed by atoms with Gasteiger partial charge in [-0.15, -0.1) is 5.10 Å². The third kappa shape index (κ3) is 6.06. The predicted molar refractivity (Wildman–Crippen MR) is 180 cm³/mol. The standard InChI is InChI=1S/C35H47N7O6/c1-21-11-14-41(25-10-9-23(32(43)44)18-24(21)25)31-28-30(42(39-31)27-8-6-7-17-46-27)37-26(19-36-28)40-15-12-35(13-16-40)20-47-22(2)29(35)38-33(45)48-34(3,4)5/h9-10,18-19,21-22,27,29H,6-8,11-17,20H2,1-5H3,(H,38,45)(H,43,44)/t21-,22-,27?,29+/m0/s1. The Morgan fingerprint density at radius 1 is 1.08 bits per heavy atom. The summed E-state index contributed by atoms with van der Waals surface area (Å²) in [7, 11) is 0. The van der Waals surface area contributed by atoms with Crippen LogP contribution in [0.15, 0.2) is 24.4 Å². The number of aromatic carboxylic acids is 1. The molecule has 2 aromatic heterocycles. The zero-order valence-electron chi connectivity index (χ0n) is 28.6. The molecule has 1 unspecified atom stereocenters. The van der Waals surface area contributed by atoms with Gasteiger partial charge < -0.3 is 34.4 Å². The number of anilines is 3. The number of nitrogens with one attached hydrogen (secondary N) is 1. The number of rotatable bonds is 5. The summed E-state index contributed by atoms with van der Waals surface area (Å²) in [6, 6.07) is 5.19. The lowest BCUT2D eigenvalue weighted by atomic mass is 9.73. The number of carboxylic acids is 1. The Hall–Kier alpha value is -3.97. The molecule has 3 fully saturated rings. The number of benzene rings is 1. The Morgan fingerprint density at radius 3 is 2.58 bits per heavy atom. The van der Waals surface area contributed by atoms with Crippen LogP contribution in [0.2, 0.25) is 0 Å². The lowest BCUT2D eigenvalue weighted by Crippen LogP contribution is -2.55. The summed E-state index contributed by atoms with van der Waals surface area (Å²) < 4.78 is 19.8. The van der Waals surface area contributed by atoms with Gasteiger partial charge in [0.1, 0.15) is 11.4 Å². The van der Waals surface area contributed by atoms with Crippen LogP contribution in [0.4, 0.5) is 22.1 Å². The molecule has 0 bridgehead atoms. The van der Waals surface area contributed by atoms with Gasteiger partial charge in [-0.25, -0.2) is 24.2 Å². The first-order valence-electron chi connectivity index (χ1n) is 17.3. The third-order valence-corrected chi connectivity index (χ3v) is 10.5. The van der Waals surface area contributed by atoms with Crippen molar-refractivity contribution in [2.45, 2.75) is 103 Å². The third-order valence-electron chi connectivity index (χ3n) is 10.5. The summed E-state index contributed by atoms with van der Waals surface area (Å²) in [5.41, 5.74) is 2.85. The summed E-state index contributed by atoms with van der Waals surface area (Å²) in [6.45, 7) is 13.2. The van der Waals surface area contributed by atoms with E-state index >= 15 is 0 Å². The largest absolute Gasteiger partial charge is 0.478 e. The molecule has 1 aromatic carbocycles. The molecule has 4 atom stereocenters. The number of alkyl carbamates (subject to hydrolysis) is 1. The van der Waals surface area contributed by atoms with E-state index in [9.17, 15) is 14.7 Å². The van der Waals surface area contributed by atoms with E-state index in [0.29, 0.717) is 30.2 Å². The molecule has 4 aliphatic rings. The highest BCUT2D eigenvalue weighted by atomic mass is 16.6. The number of hydrogen-bond acceptors (Lipinski definition) is 10. The van der Waals surface area contributed by atoms with Gasteiger partial charge in [0.25, 0.3) is 0 Å². The molecular formula is C35H47N7O6. The van der Waals surface area contributed by atoms with Crippen LogP contribution in [0.3, 0.4) is 0 Å². The van der Waals surface area contributed by atoms with Crippen molar-refractivity contribution < 1.29 is 28.9 Å². The fraction of sp³-hybridized carbons (Fsp3) is 0.629. The Kier molecular flexibility index (Phi) is 8.47. The maximum absolute atomic E-state index is 12.7. The van der Waals surface area contributed by atoms with Crippen molar-refractivity contribution in [2.75, 3.05) is 42.6 Å². The Morgan fingerprint density at radius 2 is 1.88 bits per heavy atom. The van der Waals surface area contributed by atoms with Gasteiger partial charge in [0.05, 0.1) is 30.5 Å². The molecule has 13 heteroatoms. The van der Waals surface area contributed by atoms with Crippen molar-refractivity contribution in [3.8, 4) is 0 Å². The molecule has 7 rings (SSSR count). The first kappa shape index (κ1) is 32.6. The molecule has 6 heterocycles. The van der Waals surface area contributed by atoms with E-state index in [2.05, 4.69) is 22.0 Å². The number of piperidine rings is 1. The number of ether oxygens (including phenoxy) is 3. The number of aromatic nitrogens is 4. The zero-order chi connectivity index (χ0) is 33.8. The van der Waals surface area contributed by atoms with Gasteiger partial charge in [-0.05, 0) is 95.9 Å². The van der Waals surface area contributed by atoms with Crippen LogP contribution in [0.25, 0.3) is 11.2 Å². The molecule has 0 saturated carbocycles. The van der Waals surface area contributed by atoms with Crippen molar-refractivity contribution >= 4 is 40.5 Å². The topological polar surface area (TPSA) is 144 Å². The molecule has 4 aliphatic heterocycles. The number of carbonyl (C=O) groups excluding carboxylic acids is 1. The van der Waals surface area contributed by atoms with Crippen LogP contribution in [-0.2, 0) is 14.2 Å². The molecule has 3 aromatic rings. The molecular weight excluding hydrogens is 614 g/mol. The lowest BCUT2D eigenvalue weighted by molar-refractivity contribution is -0.0368. The molecule has 0 aliphatic carbocycles. The summed E-state index contributed by atoms with van der Waals surface area (Å²) >= 11 is 0. The molecule has 48 heavy (non-hydrogen) atoms. The molecule has 1 amide bonds. The van der Waals surface area contributed by atoms with E-state index in [1.54, 1.807) is 12.1 Å². The van der Waals surface area contributed by atoms with E-state index in [1.807, 2.05) is 44.6 Å². The molecule has 13 nitrogen and oxygen atoms in total. The average Bonchev–Trinajstić information content (AvgIpc) is 3.58. The first-order valence-corrected chi connectivity index (χ1v) is 17.3. The molecule has 2 N–H and O–H groups in total. The Labute approximate surface area is 280 Å². The second-order valence-corrected chi connectivity index (χ2v) is 14.9. The van der Waals surface area contributed by atoms with E-state index in [4.69, 9.17) is 29.3 Å². The second kappa shape index (κ2) is 12.5. The minimum absolute atomic E-state index is 0.109. The van der Waals surface area contributed by atoms with Crippen LogP contribution in [0, 0.1) is 5.41 Å². The van der Waals surface area contributed by atoms with Crippen molar-refractivity contribution in [2.24, 2.45) is 5.41 Å². The maximum atomic E-state index is 12.7. The summed E-state index contributed by atoms with van der Waals surface area (Å²) in [4.78, 5) is 39.1. The van der Waals surface area contributed by atoms with E-state index in [0.717, 1.165) is 75.2 Å².